The van der Waals surface area contributed by atoms with Crippen molar-refractivity contribution < 1.29 is 27.8 Å². The number of carboxylic acid groups (broad SMARTS) is 1. The third-order valence-corrected chi connectivity index (χ3v) is 4.80. The van der Waals surface area contributed by atoms with E-state index in [1.165, 1.54) is 12.1 Å². The summed E-state index contributed by atoms with van der Waals surface area (Å²) in [6.07, 6.45) is 0.672. The number of benzene rings is 1. The molecule has 1 rings (SSSR count). The molecule has 1 aromatic carbocycles. The number of sulfone groups is 1. The molecule has 0 heterocycles. The lowest BCUT2D eigenvalue weighted by Crippen LogP contribution is -2.14. The van der Waals surface area contributed by atoms with Crippen molar-refractivity contribution in [3.8, 4) is 0 Å². The van der Waals surface area contributed by atoms with Gasteiger partial charge in [-0.2, -0.15) is 0 Å². The molecule has 0 spiro atoms. The Morgan fingerprint density at radius 3 is 2.62 bits per heavy atom. The van der Waals surface area contributed by atoms with Gasteiger partial charge in [0.1, 0.15) is 0 Å². The Kier molecular flexibility index (Phi) is 7.10. The van der Waals surface area contributed by atoms with E-state index in [-0.39, 0.29) is 27.8 Å². The zero-order valence-corrected chi connectivity index (χ0v) is 13.1. The zero-order chi connectivity index (χ0) is 15.9. The number of rotatable bonds is 9. The third kappa shape index (κ3) is 5.62. The Bertz CT molecular complexity index is 584. The quantitative estimate of drug-likeness (QED) is 0.692. The Morgan fingerprint density at radius 1 is 1.29 bits per heavy atom. The maximum absolute atomic E-state index is 12.1. The topological polar surface area (TPSA) is 89.9 Å². The summed E-state index contributed by atoms with van der Waals surface area (Å²) >= 11 is 5.84. The van der Waals surface area contributed by atoms with Gasteiger partial charge in [0.15, 0.2) is 9.84 Å². The Labute approximate surface area is 128 Å². The molecule has 21 heavy (non-hydrogen) atoms. The second kappa shape index (κ2) is 8.33. The van der Waals surface area contributed by atoms with Crippen molar-refractivity contribution in [3.63, 3.8) is 0 Å². The van der Waals surface area contributed by atoms with Crippen LogP contribution < -0.4 is 0 Å². The van der Waals surface area contributed by atoms with Gasteiger partial charge in [-0.3, -0.25) is 0 Å². The number of hydrogen-bond donors (Lipinski definition) is 1. The molecule has 0 unspecified atom stereocenters. The number of aromatic carboxylic acids is 1. The second-order valence-corrected chi connectivity index (χ2v) is 6.71. The maximum atomic E-state index is 12.1. The van der Waals surface area contributed by atoms with E-state index in [9.17, 15) is 13.2 Å². The lowest BCUT2D eigenvalue weighted by atomic mass is 10.2. The van der Waals surface area contributed by atoms with Crippen LogP contribution in [0.15, 0.2) is 23.1 Å². The highest BCUT2D eigenvalue weighted by Crippen LogP contribution is 2.23. The monoisotopic (exact) mass is 336 g/mol. The molecule has 0 bridgehead atoms. The van der Waals surface area contributed by atoms with Crippen LogP contribution in [0.1, 0.15) is 16.8 Å². The minimum atomic E-state index is -3.69. The zero-order valence-electron chi connectivity index (χ0n) is 11.5. The Balaban J connectivity index is 2.70. The largest absolute Gasteiger partial charge is 0.478 e. The van der Waals surface area contributed by atoms with Crippen molar-refractivity contribution in [3.05, 3.63) is 28.8 Å². The minimum Gasteiger partial charge on any atom is -0.478 e. The fourth-order valence-corrected chi connectivity index (χ4v) is 3.26. The standard InChI is InChI=1S/C13H17ClO6S/c1-19-5-2-6-20-7-8-21(17,18)12-9-10(13(15)16)3-4-11(12)14/h3-4,9H,2,5-8H2,1H3,(H,15,16). The summed E-state index contributed by atoms with van der Waals surface area (Å²) in [5.74, 6) is -1.47. The minimum absolute atomic E-state index is 0.000571. The van der Waals surface area contributed by atoms with E-state index in [1.807, 2.05) is 0 Å². The molecule has 8 heteroatoms. The van der Waals surface area contributed by atoms with E-state index in [4.69, 9.17) is 26.2 Å². The molecule has 0 aliphatic heterocycles. The summed E-state index contributed by atoms with van der Waals surface area (Å²) in [6.45, 7) is 0.950. The van der Waals surface area contributed by atoms with Crippen LogP contribution in [0.3, 0.4) is 0 Å². The normalized spacial score (nSPS) is 11.5. The maximum Gasteiger partial charge on any atom is 0.335 e. The van der Waals surface area contributed by atoms with Crippen molar-refractivity contribution in [2.75, 3.05) is 32.7 Å². The number of methoxy groups -OCH3 is 1. The van der Waals surface area contributed by atoms with Gasteiger partial charge in [0.2, 0.25) is 0 Å². The molecule has 0 fully saturated rings. The van der Waals surface area contributed by atoms with Gasteiger partial charge in [-0.05, 0) is 24.6 Å². The van der Waals surface area contributed by atoms with Crippen LogP contribution in [0.4, 0.5) is 0 Å². The molecule has 0 atom stereocenters. The predicted octanol–water partition coefficient (Wildman–Crippen LogP) is 1.87. The number of carbonyl (C=O) groups is 1. The SMILES string of the molecule is COCCCOCCS(=O)(=O)c1cc(C(=O)O)ccc1Cl. The average molecular weight is 337 g/mol. The molecule has 0 amide bonds. The fourth-order valence-electron chi connectivity index (χ4n) is 1.56. The highest BCUT2D eigenvalue weighted by molar-refractivity contribution is 7.91. The smallest absolute Gasteiger partial charge is 0.335 e. The summed E-state index contributed by atoms with van der Waals surface area (Å²) in [5.41, 5.74) is -0.126. The van der Waals surface area contributed by atoms with Crippen LogP contribution in [-0.2, 0) is 19.3 Å². The van der Waals surface area contributed by atoms with Gasteiger partial charge >= 0.3 is 5.97 Å². The van der Waals surface area contributed by atoms with Gasteiger partial charge in [0.05, 0.1) is 27.8 Å². The van der Waals surface area contributed by atoms with Crippen LogP contribution in [0, 0.1) is 0 Å². The van der Waals surface area contributed by atoms with E-state index in [1.54, 1.807) is 7.11 Å². The van der Waals surface area contributed by atoms with Gasteiger partial charge in [0.25, 0.3) is 0 Å². The van der Waals surface area contributed by atoms with Crippen LogP contribution in [0.5, 0.6) is 0 Å². The van der Waals surface area contributed by atoms with Crippen molar-refractivity contribution in [1.29, 1.82) is 0 Å². The third-order valence-electron chi connectivity index (χ3n) is 2.65. The molecule has 0 saturated heterocycles. The van der Waals surface area contributed by atoms with E-state index in [0.717, 1.165) is 6.07 Å². The van der Waals surface area contributed by atoms with Crippen molar-refractivity contribution in [2.24, 2.45) is 0 Å². The number of halogens is 1. The summed E-state index contributed by atoms with van der Waals surface area (Å²) in [5, 5.41) is 8.89. The lowest BCUT2D eigenvalue weighted by molar-refractivity contribution is 0.0696. The van der Waals surface area contributed by atoms with Crippen LogP contribution in [-0.4, -0.2) is 52.2 Å². The molecule has 118 valence electrons. The molecule has 6 nitrogen and oxygen atoms in total. The average Bonchev–Trinajstić information content (AvgIpc) is 2.42. The van der Waals surface area contributed by atoms with E-state index in [0.29, 0.717) is 19.6 Å². The number of carboxylic acids is 1. The first-order valence-corrected chi connectivity index (χ1v) is 8.24. The molecule has 1 N–H and O–H groups in total. The van der Waals surface area contributed by atoms with Gasteiger partial charge in [-0.25, -0.2) is 13.2 Å². The Hall–Kier alpha value is -1.15. The van der Waals surface area contributed by atoms with Crippen LogP contribution in [0.2, 0.25) is 5.02 Å². The van der Waals surface area contributed by atoms with Crippen LogP contribution in [0.25, 0.3) is 0 Å². The highest BCUT2D eigenvalue weighted by Gasteiger charge is 2.20. The molecule has 0 radical (unpaired) electrons. The summed E-state index contributed by atoms with van der Waals surface area (Å²) in [6, 6.07) is 3.58. The molecular formula is C13H17ClO6S. The molecule has 0 saturated carbocycles. The van der Waals surface area contributed by atoms with E-state index in [2.05, 4.69) is 0 Å². The fraction of sp³-hybridized carbons (Fsp3) is 0.462. The van der Waals surface area contributed by atoms with Gasteiger partial charge in [-0.15, -0.1) is 0 Å². The first-order valence-electron chi connectivity index (χ1n) is 6.21. The van der Waals surface area contributed by atoms with Crippen molar-refractivity contribution in [2.45, 2.75) is 11.3 Å². The van der Waals surface area contributed by atoms with Gasteiger partial charge in [0, 0.05) is 20.3 Å². The first kappa shape index (κ1) is 17.9. The lowest BCUT2D eigenvalue weighted by Gasteiger charge is -2.08. The van der Waals surface area contributed by atoms with E-state index >= 15 is 0 Å². The summed E-state index contributed by atoms with van der Waals surface area (Å²) in [7, 11) is -2.12. The highest BCUT2D eigenvalue weighted by atomic mass is 35.5. The van der Waals surface area contributed by atoms with Crippen LogP contribution >= 0.6 is 11.6 Å². The number of hydrogen-bond acceptors (Lipinski definition) is 5. The molecule has 0 aromatic heterocycles. The molecular weight excluding hydrogens is 320 g/mol. The second-order valence-electron chi connectivity index (χ2n) is 4.23. The molecule has 1 aromatic rings. The van der Waals surface area contributed by atoms with Crippen molar-refractivity contribution in [1.82, 2.24) is 0 Å². The van der Waals surface area contributed by atoms with Gasteiger partial charge in [-0.1, -0.05) is 11.6 Å². The predicted molar refractivity (Wildman–Crippen MR) is 77.8 cm³/mol. The summed E-state index contributed by atoms with van der Waals surface area (Å²) < 4.78 is 34.3. The first-order chi connectivity index (χ1) is 9.88. The summed E-state index contributed by atoms with van der Waals surface area (Å²) in [4.78, 5) is 10.7. The molecule has 0 aliphatic carbocycles. The Morgan fingerprint density at radius 2 is 2.00 bits per heavy atom. The van der Waals surface area contributed by atoms with E-state index < -0.39 is 15.8 Å². The molecule has 0 aliphatic rings. The number of ether oxygens (including phenoxy) is 2. The van der Waals surface area contributed by atoms with Gasteiger partial charge < -0.3 is 14.6 Å². The van der Waals surface area contributed by atoms with Crippen molar-refractivity contribution >= 4 is 27.4 Å².